The van der Waals surface area contributed by atoms with Gasteiger partial charge in [0, 0.05) is 19.3 Å². The summed E-state index contributed by atoms with van der Waals surface area (Å²) in [6.07, 6.45) is 59.5. The van der Waals surface area contributed by atoms with Gasteiger partial charge in [-0.05, 0) is 116 Å². The van der Waals surface area contributed by atoms with Gasteiger partial charge in [-0.25, -0.2) is 4.79 Å². The zero-order chi connectivity index (χ0) is 57.5. The maximum Gasteiger partial charge on any atom is 0.335 e. The average Bonchev–Trinajstić information content (AvgIpc) is 3.46. The molecule has 3 N–H and O–H groups in total. The third kappa shape index (κ3) is 44.0. The molecular weight excluding hydrogens is 997 g/mol. The summed E-state index contributed by atoms with van der Waals surface area (Å²) in [5.74, 6) is -3.20. The number of hydrogen-bond donors (Lipinski definition) is 3. The molecule has 0 bridgehead atoms. The van der Waals surface area contributed by atoms with Crippen LogP contribution >= 0.6 is 0 Å². The van der Waals surface area contributed by atoms with Gasteiger partial charge in [-0.3, -0.25) is 14.4 Å². The number of unbranched alkanes of at least 4 members (excludes halogenated alkanes) is 22. The van der Waals surface area contributed by atoms with E-state index < -0.39 is 67.3 Å². The van der Waals surface area contributed by atoms with Crippen LogP contribution in [0.4, 0.5) is 0 Å². The Morgan fingerprint density at radius 2 is 0.797 bits per heavy atom. The molecule has 1 rings (SSSR count). The maximum atomic E-state index is 13.1. The van der Waals surface area contributed by atoms with Gasteiger partial charge in [-0.15, -0.1) is 0 Å². The number of carboxylic acids is 1. The molecule has 0 radical (unpaired) electrons. The molecule has 79 heavy (non-hydrogen) atoms. The monoisotopic (exact) mass is 1110 g/mol. The van der Waals surface area contributed by atoms with E-state index in [0.29, 0.717) is 19.3 Å². The highest BCUT2D eigenvalue weighted by molar-refractivity contribution is 5.74. The first kappa shape index (κ1) is 72.7. The summed E-state index contributed by atoms with van der Waals surface area (Å²) in [6.45, 7) is 5.73. The molecule has 12 nitrogen and oxygen atoms in total. The lowest BCUT2D eigenvalue weighted by molar-refractivity contribution is -0.301. The molecule has 0 spiro atoms. The second-order valence-corrected chi connectivity index (χ2v) is 20.9. The van der Waals surface area contributed by atoms with Crippen molar-refractivity contribution < 1.29 is 58.2 Å². The van der Waals surface area contributed by atoms with Crippen LogP contribution in [0, 0.1) is 0 Å². The number of carboxylic acid groups (broad SMARTS) is 1. The minimum Gasteiger partial charge on any atom is -0.479 e. The predicted octanol–water partition coefficient (Wildman–Crippen LogP) is 16.5. The highest BCUT2D eigenvalue weighted by Crippen LogP contribution is 2.26. The number of ether oxygens (including phenoxy) is 5. The predicted molar refractivity (Wildman–Crippen MR) is 321 cm³/mol. The number of aliphatic hydroxyl groups is 2. The Hall–Kier alpha value is -4.36. The highest BCUT2D eigenvalue weighted by atomic mass is 16.7. The van der Waals surface area contributed by atoms with Crippen molar-refractivity contribution in [2.45, 2.75) is 289 Å². The van der Waals surface area contributed by atoms with Gasteiger partial charge in [0.2, 0.25) is 0 Å². The van der Waals surface area contributed by atoms with Gasteiger partial charge in [0.1, 0.15) is 18.8 Å². The zero-order valence-electron chi connectivity index (χ0n) is 49.6. The Morgan fingerprint density at radius 1 is 0.430 bits per heavy atom. The highest BCUT2D eigenvalue weighted by Gasteiger charge is 2.50. The second kappa shape index (κ2) is 54.2. The minimum absolute atomic E-state index is 0.0249. The lowest BCUT2D eigenvalue weighted by Gasteiger charge is -2.40. The molecule has 1 saturated heterocycles. The number of carbonyl (C=O) groups excluding carboxylic acids is 3. The first-order valence-electron chi connectivity index (χ1n) is 31.2. The third-order valence-electron chi connectivity index (χ3n) is 13.6. The van der Waals surface area contributed by atoms with Crippen molar-refractivity contribution in [3.05, 3.63) is 97.2 Å². The number of esters is 3. The molecule has 0 amide bonds. The van der Waals surface area contributed by atoms with Crippen LogP contribution in [-0.4, -0.2) is 89.2 Å². The van der Waals surface area contributed by atoms with Crippen molar-refractivity contribution in [3.63, 3.8) is 0 Å². The molecule has 0 aliphatic carbocycles. The van der Waals surface area contributed by atoms with Gasteiger partial charge in [-0.1, -0.05) is 214 Å². The van der Waals surface area contributed by atoms with E-state index in [-0.39, 0.29) is 25.9 Å². The Kier molecular flexibility index (Phi) is 49.9. The Balaban J connectivity index is 2.68. The van der Waals surface area contributed by atoms with E-state index in [1.807, 2.05) is 0 Å². The number of rotatable bonds is 52. The molecule has 0 saturated carbocycles. The summed E-state index contributed by atoms with van der Waals surface area (Å²) in [7, 11) is 0. The van der Waals surface area contributed by atoms with E-state index in [2.05, 4.69) is 118 Å². The van der Waals surface area contributed by atoms with Crippen molar-refractivity contribution in [3.8, 4) is 0 Å². The molecule has 12 heteroatoms. The average molecular weight is 1110 g/mol. The Morgan fingerprint density at radius 3 is 1.24 bits per heavy atom. The van der Waals surface area contributed by atoms with Crippen molar-refractivity contribution in [2.75, 3.05) is 13.2 Å². The number of aliphatic hydroxyl groups excluding tert-OH is 2. The first-order valence-corrected chi connectivity index (χ1v) is 31.2. The SMILES string of the molecule is CC/C=C\C/C=C\C/C=C\C/C=C\CCCCCCC(=O)OC1C(OCC(COC(=O)CCCCCCCCCCC/C=C\CCCCCCCC)OC(=O)CCCCC/C=C\C/C=C\C/C=C\CC)OC(C(=O)O)C(O)C1O. The fourth-order valence-electron chi connectivity index (χ4n) is 8.90. The first-order chi connectivity index (χ1) is 38.6. The van der Waals surface area contributed by atoms with E-state index >= 15 is 0 Å². The number of aliphatic carboxylic acids is 1. The third-order valence-corrected chi connectivity index (χ3v) is 13.6. The molecule has 1 aliphatic heterocycles. The standard InChI is InChI=1S/C67H110O12/c1-4-7-10-13-16-19-22-25-27-29-30-32-33-36-38-41-44-47-50-53-59(68)75-56-58(77-60(69)54-51-48-45-42-39-35-24-21-18-15-12-9-6-3)57-76-67-65(63(72)62(71)64(79-67)66(73)74)78-61(70)55-52-49-46-43-40-37-34-31-28-26-23-20-17-14-11-8-5-2/h8-9,11-12,17-18,20-21,25-28,34-35,37,39,58,62-65,67,71-72H,4-7,10,13-16,19,22-24,29-33,36,38,40-57H2,1-3H3,(H,73,74)/b11-8-,12-9-,20-17-,21-18-,27-25-,28-26-,37-34-,39-35-. The van der Waals surface area contributed by atoms with E-state index in [1.165, 1.54) is 83.5 Å². The van der Waals surface area contributed by atoms with Gasteiger partial charge in [0.15, 0.2) is 24.6 Å². The summed E-state index contributed by atoms with van der Waals surface area (Å²) < 4.78 is 28.4. The van der Waals surface area contributed by atoms with Crippen molar-refractivity contribution in [1.82, 2.24) is 0 Å². The lowest BCUT2D eigenvalue weighted by Crippen LogP contribution is -2.61. The Labute approximate surface area is 479 Å². The molecule has 6 atom stereocenters. The van der Waals surface area contributed by atoms with Crippen LogP contribution in [0.5, 0.6) is 0 Å². The van der Waals surface area contributed by atoms with Crippen molar-refractivity contribution in [1.29, 1.82) is 0 Å². The number of allylic oxidation sites excluding steroid dienone is 16. The van der Waals surface area contributed by atoms with E-state index in [4.69, 9.17) is 23.7 Å². The van der Waals surface area contributed by atoms with Crippen LogP contribution in [0.1, 0.15) is 252 Å². The minimum atomic E-state index is -1.92. The number of hydrogen-bond acceptors (Lipinski definition) is 11. The van der Waals surface area contributed by atoms with Gasteiger partial charge < -0.3 is 39.0 Å². The smallest absolute Gasteiger partial charge is 0.335 e. The van der Waals surface area contributed by atoms with Crippen molar-refractivity contribution >= 4 is 23.9 Å². The largest absolute Gasteiger partial charge is 0.479 e. The summed E-state index contributed by atoms with van der Waals surface area (Å²) in [4.78, 5) is 51.2. The summed E-state index contributed by atoms with van der Waals surface area (Å²) in [6, 6.07) is 0. The van der Waals surface area contributed by atoms with Gasteiger partial charge in [0.25, 0.3) is 0 Å². The number of carbonyl (C=O) groups is 4. The molecule has 1 heterocycles. The van der Waals surface area contributed by atoms with Crippen LogP contribution < -0.4 is 0 Å². The molecular formula is C67H110O12. The normalized spacial score (nSPS) is 18.5. The van der Waals surface area contributed by atoms with Gasteiger partial charge >= 0.3 is 23.9 Å². The summed E-state index contributed by atoms with van der Waals surface area (Å²) >= 11 is 0. The molecule has 450 valence electrons. The van der Waals surface area contributed by atoms with Crippen LogP contribution in [0.3, 0.4) is 0 Å². The van der Waals surface area contributed by atoms with E-state index in [0.717, 1.165) is 109 Å². The molecule has 1 aliphatic rings. The fourth-order valence-corrected chi connectivity index (χ4v) is 8.90. The molecule has 0 aromatic rings. The van der Waals surface area contributed by atoms with Gasteiger partial charge in [0.05, 0.1) is 6.61 Å². The maximum absolute atomic E-state index is 13.1. The van der Waals surface area contributed by atoms with Crippen LogP contribution in [0.15, 0.2) is 97.2 Å². The molecule has 6 unspecified atom stereocenters. The quantitative estimate of drug-likeness (QED) is 0.0228. The molecule has 0 aromatic heterocycles. The zero-order valence-corrected chi connectivity index (χ0v) is 49.6. The van der Waals surface area contributed by atoms with Crippen LogP contribution in [0.25, 0.3) is 0 Å². The fraction of sp³-hybridized carbons (Fsp3) is 0.701. The molecule has 0 aromatic carbocycles. The van der Waals surface area contributed by atoms with Crippen molar-refractivity contribution in [2.24, 2.45) is 0 Å². The summed E-state index contributed by atoms with van der Waals surface area (Å²) in [5, 5.41) is 31.5. The van der Waals surface area contributed by atoms with E-state index in [1.54, 1.807) is 0 Å². The van der Waals surface area contributed by atoms with Crippen LogP contribution in [0.2, 0.25) is 0 Å². The topological polar surface area (TPSA) is 175 Å². The molecule has 1 fully saturated rings. The van der Waals surface area contributed by atoms with E-state index in [9.17, 15) is 34.5 Å². The second-order valence-electron chi connectivity index (χ2n) is 20.9. The lowest BCUT2D eigenvalue weighted by atomic mass is 9.98. The van der Waals surface area contributed by atoms with Crippen LogP contribution in [-0.2, 0) is 42.9 Å². The van der Waals surface area contributed by atoms with Gasteiger partial charge in [-0.2, -0.15) is 0 Å². The summed E-state index contributed by atoms with van der Waals surface area (Å²) in [5.41, 5.74) is 0. The Bertz CT molecular complexity index is 1740.